The van der Waals surface area contributed by atoms with Crippen molar-refractivity contribution in [3.05, 3.63) is 24.5 Å². The lowest BCUT2D eigenvalue weighted by molar-refractivity contribution is 0.436. The molecule has 2 aromatic rings. The van der Waals surface area contributed by atoms with E-state index in [-0.39, 0.29) is 0 Å². The number of thiocarbonyl (C=S) groups is 1. The topological polar surface area (TPSA) is 78.9 Å². The van der Waals surface area contributed by atoms with E-state index in [1.165, 1.54) is 37.4 Å². The number of hydrogen-bond donors (Lipinski definition) is 2. The fourth-order valence-electron chi connectivity index (χ4n) is 2.90. The molecule has 1 aliphatic carbocycles. The summed E-state index contributed by atoms with van der Waals surface area (Å²) in [6, 6.07) is 4.31. The Balaban J connectivity index is 1.55. The summed E-state index contributed by atoms with van der Waals surface area (Å²) in [4.78, 5) is 20.2. The van der Waals surface area contributed by atoms with Crippen molar-refractivity contribution in [2.75, 3.05) is 23.3 Å². The van der Waals surface area contributed by atoms with Crippen LogP contribution in [0.2, 0.25) is 0 Å². The van der Waals surface area contributed by atoms with Crippen LogP contribution in [0.3, 0.4) is 0 Å². The van der Waals surface area contributed by atoms with Gasteiger partial charge in [0, 0.05) is 37.6 Å². The molecule has 2 N–H and O–H groups in total. The molecule has 1 aliphatic heterocycles. The van der Waals surface area contributed by atoms with E-state index in [2.05, 4.69) is 37.4 Å². The zero-order valence-electron chi connectivity index (χ0n) is 15.3. The summed E-state index contributed by atoms with van der Waals surface area (Å²) in [6.45, 7) is 4.32. The van der Waals surface area contributed by atoms with Gasteiger partial charge in [0.25, 0.3) is 0 Å². The van der Waals surface area contributed by atoms with Crippen molar-refractivity contribution in [2.24, 2.45) is 5.92 Å². The number of hydrogen-bond acceptors (Lipinski definition) is 7. The van der Waals surface area contributed by atoms with Crippen LogP contribution in [-0.4, -0.2) is 44.2 Å². The van der Waals surface area contributed by atoms with Gasteiger partial charge in [-0.1, -0.05) is 6.92 Å². The minimum Gasteiger partial charge on any atom is -0.360 e. The molecule has 142 valence electrons. The minimum atomic E-state index is 0.489. The lowest BCUT2D eigenvalue weighted by Crippen LogP contribution is -2.34. The Bertz CT molecular complexity index is 790. The lowest BCUT2D eigenvalue weighted by atomic mass is 9.99. The third kappa shape index (κ3) is 5.26. The van der Waals surface area contributed by atoms with E-state index in [4.69, 9.17) is 17.2 Å². The monoisotopic (exact) mass is 401 g/mol. The average Bonchev–Trinajstić information content (AvgIpc) is 3.47. The van der Waals surface area contributed by atoms with Gasteiger partial charge in [0.05, 0.1) is 0 Å². The van der Waals surface area contributed by atoms with E-state index in [9.17, 15) is 0 Å². The fourth-order valence-corrected chi connectivity index (χ4v) is 3.87. The molecule has 9 heteroatoms. The molecular weight excluding hydrogens is 378 g/mol. The zero-order valence-corrected chi connectivity index (χ0v) is 16.9. The van der Waals surface area contributed by atoms with Gasteiger partial charge < -0.3 is 15.5 Å². The molecule has 0 bridgehead atoms. The molecule has 2 aliphatic rings. The Morgan fingerprint density at radius 2 is 1.89 bits per heavy atom. The van der Waals surface area contributed by atoms with Crippen molar-refractivity contribution >= 4 is 40.9 Å². The highest BCUT2D eigenvalue weighted by Gasteiger charge is 2.23. The molecule has 0 amide bonds. The second kappa shape index (κ2) is 8.35. The molecule has 0 atom stereocenters. The summed E-state index contributed by atoms with van der Waals surface area (Å²) in [7, 11) is 0. The summed E-state index contributed by atoms with van der Waals surface area (Å²) in [5.74, 6) is 2.21. The fraction of sp³-hybridized carbons (Fsp3) is 0.500. The van der Waals surface area contributed by atoms with Crippen LogP contribution in [0.1, 0.15) is 32.6 Å². The Kier molecular flexibility index (Phi) is 5.68. The molecule has 2 fully saturated rings. The normalized spacial score (nSPS) is 17.6. The molecule has 0 unspecified atom stereocenters. The minimum absolute atomic E-state index is 0.489. The van der Waals surface area contributed by atoms with Crippen molar-refractivity contribution in [3.63, 3.8) is 0 Å². The number of nitrogens with zero attached hydrogens (tertiary/aromatic N) is 5. The second-order valence-corrected chi connectivity index (χ2v) is 8.46. The first-order chi connectivity index (χ1) is 13.2. The van der Waals surface area contributed by atoms with Crippen LogP contribution in [0, 0.1) is 5.92 Å². The van der Waals surface area contributed by atoms with E-state index in [1.54, 1.807) is 18.5 Å². The summed E-state index contributed by atoms with van der Waals surface area (Å²) < 4.78 is 0. The van der Waals surface area contributed by atoms with E-state index in [1.807, 2.05) is 6.07 Å². The van der Waals surface area contributed by atoms with Crippen molar-refractivity contribution in [1.82, 2.24) is 25.3 Å². The Labute approximate surface area is 168 Å². The highest BCUT2D eigenvalue weighted by molar-refractivity contribution is 7.99. The van der Waals surface area contributed by atoms with Crippen LogP contribution in [0.15, 0.2) is 34.7 Å². The summed E-state index contributed by atoms with van der Waals surface area (Å²) in [5.41, 5.74) is 0. The Morgan fingerprint density at radius 1 is 1.15 bits per heavy atom. The van der Waals surface area contributed by atoms with Gasteiger partial charge in [-0.25, -0.2) is 15.0 Å². The quantitative estimate of drug-likeness (QED) is 0.446. The average molecular weight is 402 g/mol. The third-order valence-corrected chi connectivity index (χ3v) is 5.70. The van der Waals surface area contributed by atoms with Gasteiger partial charge in [-0.3, -0.25) is 0 Å². The van der Waals surface area contributed by atoms with Gasteiger partial charge in [0.15, 0.2) is 10.3 Å². The van der Waals surface area contributed by atoms with Crippen molar-refractivity contribution in [1.29, 1.82) is 0 Å². The first kappa shape index (κ1) is 18.4. The molecular formula is C18H23N7S2. The molecule has 2 aromatic heterocycles. The standard InChI is InChI=1S/C18H23N7S2/c1-12-5-9-25(10-6-12)14-11-15(27-18-19-7-2-8-20-18)23-16(22-14)24-17(26)21-13-3-4-13/h2,7-8,11-13H,3-6,9-10H2,1H3,(H2,21,22,23,24,26). The first-order valence-electron chi connectivity index (χ1n) is 9.32. The highest BCUT2D eigenvalue weighted by atomic mass is 32.2. The van der Waals surface area contributed by atoms with Gasteiger partial charge in [-0.05, 0) is 61.6 Å². The predicted molar refractivity (Wildman–Crippen MR) is 111 cm³/mol. The van der Waals surface area contributed by atoms with Crippen LogP contribution < -0.4 is 15.5 Å². The molecule has 1 saturated carbocycles. The number of rotatable bonds is 5. The second-order valence-electron chi connectivity index (χ2n) is 7.06. The van der Waals surface area contributed by atoms with Crippen LogP contribution in [0.5, 0.6) is 0 Å². The molecule has 27 heavy (non-hydrogen) atoms. The molecule has 7 nitrogen and oxygen atoms in total. The first-order valence-corrected chi connectivity index (χ1v) is 10.5. The maximum Gasteiger partial charge on any atom is 0.232 e. The van der Waals surface area contributed by atoms with Crippen molar-refractivity contribution in [3.8, 4) is 0 Å². The van der Waals surface area contributed by atoms with Gasteiger partial charge >= 0.3 is 0 Å². The van der Waals surface area contributed by atoms with E-state index in [0.717, 1.165) is 29.9 Å². The van der Waals surface area contributed by atoms with Gasteiger partial charge in [0.2, 0.25) is 5.95 Å². The number of anilines is 2. The van der Waals surface area contributed by atoms with Crippen LogP contribution in [0.25, 0.3) is 0 Å². The number of nitrogens with one attached hydrogen (secondary N) is 2. The van der Waals surface area contributed by atoms with Crippen molar-refractivity contribution in [2.45, 2.75) is 48.8 Å². The summed E-state index contributed by atoms with van der Waals surface area (Å²) in [5, 5.41) is 8.47. The van der Waals surface area contributed by atoms with Crippen LogP contribution >= 0.6 is 24.0 Å². The van der Waals surface area contributed by atoms with E-state index >= 15 is 0 Å². The Hall–Kier alpha value is -2.00. The smallest absolute Gasteiger partial charge is 0.232 e. The van der Waals surface area contributed by atoms with Crippen LogP contribution in [0.4, 0.5) is 11.8 Å². The van der Waals surface area contributed by atoms with E-state index < -0.39 is 0 Å². The summed E-state index contributed by atoms with van der Waals surface area (Å²) in [6.07, 6.45) is 8.16. The predicted octanol–water partition coefficient (Wildman–Crippen LogP) is 3.10. The van der Waals surface area contributed by atoms with Crippen molar-refractivity contribution < 1.29 is 0 Å². The lowest BCUT2D eigenvalue weighted by Gasteiger charge is -2.31. The zero-order chi connectivity index (χ0) is 18.6. The molecule has 0 spiro atoms. The highest BCUT2D eigenvalue weighted by Crippen LogP contribution is 2.29. The number of aromatic nitrogens is 4. The largest absolute Gasteiger partial charge is 0.360 e. The summed E-state index contributed by atoms with van der Waals surface area (Å²) >= 11 is 6.82. The van der Waals surface area contributed by atoms with E-state index in [0.29, 0.717) is 22.3 Å². The maximum atomic E-state index is 5.39. The molecule has 1 saturated heterocycles. The van der Waals surface area contributed by atoms with Gasteiger partial charge in [0.1, 0.15) is 10.8 Å². The van der Waals surface area contributed by atoms with Gasteiger partial charge in [-0.2, -0.15) is 4.98 Å². The molecule has 3 heterocycles. The molecule has 0 aromatic carbocycles. The molecule has 0 radical (unpaired) electrons. The van der Waals surface area contributed by atoms with Crippen LogP contribution in [-0.2, 0) is 0 Å². The maximum absolute atomic E-state index is 5.39. The van der Waals surface area contributed by atoms with Gasteiger partial charge in [-0.15, -0.1) is 0 Å². The number of piperidine rings is 1. The SMILES string of the molecule is CC1CCN(c2cc(Sc3ncccn3)nc(NC(=S)NC3CC3)n2)CC1. The third-order valence-electron chi connectivity index (χ3n) is 4.67. The Morgan fingerprint density at radius 3 is 2.59 bits per heavy atom. The molecule has 4 rings (SSSR count).